The summed E-state index contributed by atoms with van der Waals surface area (Å²) in [4.78, 5) is 33.6. The molecule has 9 heteroatoms. The van der Waals surface area contributed by atoms with Gasteiger partial charge in [0.2, 0.25) is 5.43 Å². The second-order valence-corrected chi connectivity index (χ2v) is 10.9. The number of pyridine rings is 1. The van der Waals surface area contributed by atoms with Gasteiger partial charge in [-0.3, -0.25) is 9.69 Å². The third-order valence-corrected chi connectivity index (χ3v) is 8.20. The normalized spacial score (nSPS) is 19.3. The van der Waals surface area contributed by atoms with Crippen molar-refractivity contribution in [3.8, 4) is 0 Å². The van der Waals surface area contributed by atoms with Crippen LogP contribution in [0, 0.1) is 5.82 Å². The molecule has 0 bridgehead atoms. The van der Waals surface area contributed by atoms with Crippen LogP contribution in [0.15, 0.2) is 47.4 Å². The van der Waals surface area contributed by atoms with Crippen LogP contribution in [0.25, 0.3) is 10.9 Å². The zero-order valence-electron chi connectivity index (χ0n) is 21.8. The van der Waals surface area contributed by atoms with Crippen LogP contribution in [-0.4, -0.2) is 84.8 Å². The number of benzene rings is 2. The van der Waals surface area contributed by atoms with Gasteiger partial charge in [-0.2, -0.15) is 0 Å². The van der Waals surface area contributed by atoms with E-state index in [1.807, 2.05) is 9.47 Å². The van der Waals surface area contributed by atoms with Gasteiger partial charge in [-0.1, -0.05) is 12.1 Å². The molecule has 1 aliphatic carbocycles. The summed E-state index contributed by atoms with van der Waals surface area (Å²) in [6, 6.07) is 12.0. The van der Waals surface area contributed by atoms with Crippen LogP contribution in [0.4, 0.5) is 15.8 Å². The molecule has 1 aromatic heterocycles. The van der Waals surface area contributed by atoms with Crippen molar-refractivity contribution in [2.75, 3.05) is 69.2 Å². The van der Waals surface area contributed by atoms with Gasteiger partial charge in [0.15, 0.2) is 0 Å². The third kappa shape index (κ3) is 4.88. The highest BCUT2D eigenvalue weighted by atomic mass is 19.1. The molecular formula is C29H34FN5O3. The highest BCUT2D eigenvalue weighted by molar-refractivity contribution is 5.93. The van der Waals surface area contributed by atoms with Gasteiger partial charge < -0.3 is 24.4 Å². The minimum absolute atomic E-state index is 0.136. The SMILES string of the molecule is CN1CCN(c2ccc(CN3CCN(c4cc5c(cc4F)c(=O)c(C(=O)O)cn5C4CC4)CC3)cc2)CC1. The Balaban J connectivity index is 1.14. The number of halogens is 1. The summed E-state index contributed by atoms with van der Waals surface area (Å²) in [5, 5.41) is 9.60. The first-order valence-corrected chi connectivity index (χ1v) is 13.5. The Morgan fingerprint density at radius 1 is 0.947 bits per heavy atom. The highest BCUT2D eigenvalue weighted by Crippen LogP contribution is 2.38. The number of carbonyl (C=O) groups is 1. The smallest absolute Gasteiger partial charge is 0.341 e. The number of rotatable bonds is 6. The van der Waals surface area contributed by atoms with Crippen LogP contribution >= 0.6 is 0 Å². The van der Waals surface area contributed by atoms with E-state index < -0.39 is 17.2 Å². The Morgan fingerprint density at radius 2 is 1.61 bits per heavy atom. The van der Waals surface area contributed by atoms with Gasteiger partial charge in [0.05, 0.1) is 11.2 Å². The highest BCUT2D eigenvalue weighted by Gasteiger charge is 2.28. The van der Waals surface area contributed by atoms with Crippen LogP contribution in [0.2, 0.25) is 0 Å². The van der Waals surface area contributed by atoms with Gasteiger partial charge in [0.25, 0.3) is 0 Å². The van der Waals surface area contributed by atoms with E-state index >= 15 is 4.39 Å². The minimum atomic E-state index is -1.28. The monoisotopic (exact) mass is 519 g/mol. The average molecular weight is 520 g/mol. The van der Waals surface area contributed by atoms with E-state index in [1.165, 1.54) is 23.5 Å². The summed E-state index contributed by atoms with van der Waals surface area (Å²) in [6.45, 7) is 8.14. The molecule has 3 aromatic rings. The molecule has 8 nitrogen and oxygen atoms in total. The van der Waals surface area contributed by atoms with Crippen LogP contribution < -0.4 is 15.2 Å². The van der Waals surface area contributed by atoms with E-state index in [-0.39, 0.29) is 17.0 Å². The fourth-order valence-corrected chi connectivity index (χ4v) is 5.69. The van der Waals surface area contributed by atoms with Crippen LogP contribution in [-0.2, 0) is 6.54 Å². The molecule has 1 N–H and O–H groups in total. The average Bonchev–Trinajstić information content (AvgIpc) is 3.76. The molecule has 200 valence electrons. The zero-order valence-corrected chi connectivity index (χ0v) is 21.8. The first-order chi connectivity index (χ1) is 18.4. The molecule has 2 saturated heterocycles. The molecule has 1 saturated carbocycles. The lowest BCUT2D eigenvalue weighted by Crippen LogP contribution is -2.46. The van der Waals surface area contributed by atoms with Crippen LogP contribution in [0.5, 0.6) is 0 Å². The number of carboxylic acid groups (broad SMARTS) is 1. The molecule has 0 unspecified atom stereocenters. The van der Waals surface area contributed by atoms with E-state index in [0.717, 1.165) is 58.7 Å². The predicted octanol–water partition coefficient (Wildman–Crippen LogP) is 3.25. The van der Waals surface area contributed by atoms with E-state index in [9.17, 15) is 14.7 Å². The molecule has 2 aliphatic heterocycles. The van der Waals surface area contributed by atoms with Gasteiger partial charge in [0, 0.05) is 82.2 Å². The van der Waals surface area contributed by atoms with Crippen molar-refractivity contribution in [1.29, 1.82) is 0 Å². The molecule has 0 spiro atoms. The summed E-state index contributed by atoms with van der Waals surface area (Å²) < 4.78 is 17.1. The van der Waals surface area contributed by atoms with E-state index in [1.54, 1.807) is 6.07 Å². The van der Waals surface area contributed by atoms with Gasteiger partial charge in [-0.15, -0.1) is 0 Å². The molecule has 3 aliphatic rings. The van der Waals surface area contributed by atoms with Crippen molar-refractivity contribution in [1.82, 2.24) is 14.4 Å². The number of fused-ring (bicyclic) bond motifs is 1. The summed E-state index contributed by atoms with van der Waals surface area (Å²) in [6.07, 6.45) is 3.29. The molecule has 0 atom stereocenters. The lowest BCUT2D eigenvalue weighted by atomic mass is 10.1. The van der Waals surface area contributed by atoms with Crippen molar-refractivity contribution >= 4 is 28.2 Å². The quantitative estimate of drug-likeness (QED) is 0.536. The van der Waals surface area contributed by atoms with Crippen molar-refractivity contribution in [2.45, 2.75) is 25.4 Å². The van der Waals surface area contributed by atoms with E-state index in [4.69, 9.17) is 0 Å². The number of likely N-dealkylation sites (N-methyl/N-ethyl adjacent to an activating group) is 1. The number of aromatic carboxylic acids is 1. The molecule has 3 heterocycles. The maximum absolute atomic E-state index is 15.3. The summed E-state index contributed by atoms with van der Waals surface area (Å²) in [5.74, 6) is -1.76. The van der Waals surface area contributed by atoms with Gasteiger partial charge >= 0.3 is 5.97 Å². The fourth-order valence-electron chi connectivity index (χ4n) is 5.69. The Kier molecular flexibility index (Phi) is 6.57. The van der Waals surface area contributed by atoms with E-state index in [0.29, 0.717) is 24.3 Å². The number of carboxylic acids is 1. The summed E-state index contributed by atoms with van der Waals surface area (Å²) in [7, 11) is 2.16. The molecule has 2 aromatic carbocycles. The van der Waals surface area contributed by atoms with Gasteiger partial charge in [0.1, 0.15) is 11.4 Å². The Bertz CT molecular complexity index is 1400. The first-order valence-electron chi connectivity index (χ1n) is 13.5. The van der Waals surface area contributed by atoms with Crippen molar-refractivity contribution in [2.24, 2.45) is 0 Å². The molecular weight excluding hydrogens is 485 g/mol. The first kappa shape index (κ1) is 24.9. The van der Waals surface area contributed by atoms with Crippen LogP contribution in [0.1, 0.15) is 34.8 Å². The van der Waals surface area contributed by atoms with Crippen molar-refractivity contribution < 1.29 is 14.3 Å². The second-order valence-electron chi connectivity index (χ2n) is 10.9. The summed E-state index contributed by atoms with van der Waals surface area (Å²) >= 11 is 0. The Hall–Kier alpha value is -3.43. The van der Waals surface area contributed by atoms with Gasteiger partial charge in [-0.05, 0) is 49.7 Å². The number of piperazine rings is 2. The van der Waals surface area contributed by atoms with Gasteiger partial charge in [-0.25, -0.2) is 9.18 Å². The largest absolute Gasteiger partial charge is 0.477 e. The number of anilines is 2. The molecule has 38 heavy (non-hydrogen) atoms. The Morgan fingerprint density at radius 3 is 2.24 bits per heavy atom. The number of nitrogens with zero attached hydrogens (tertiary/aromatic N) is 5. The molecule has 3 fully saturated rings. The maximum atomic E-state index is 15.3. The lowest BCUT2D eigenvalue weighted by molar-refractivity contribution is 0.0695. The topological polar surface area (TPSA) is 72.3 Å². The lowest BCUT2D eigenvalue weighted by Gasteiger charge is -2.36. The molecule has 6 rings (SSSR count). The standard InChI is InChI=1S/C29H34FN5O3/c1-31-8-12-33(13-9-31)21-4-2-20(3-5-21)18-32-10-14-34(15-11-32)27-17-26-23(16-25(27)30)28(36)24(29(37)38)19-35(26)22-6-7-22/h2-5,16-17,19,22H,6-15,18H2,1H3,(H,37,38). The number of hydrogen-bond donors (Lipinski definition) is 1. The minimum Gasteiger partial charge on any atom is -0.477 e. The third-order valence-electron chi connectivity index (χ3n) is 8.20. The fraction of sp³-hybridized carbons (Fsp3) is 0.448. The predicted molar refractivity (Wildman–Crippen MR) is 147 cm³/mol. The van der Waals surface area contributed by atoms with Crippen molar-refractivity contribution in [3.63, 3.8) is 0 Å². The number of aromatic nitrogens is 1. The second kappa shape index (κ2) is 10.0. The summed E-state index contributed by atoms with van der Waals surface area (Å²) in [5.41, 5.74) is 2.71. The zero-order chi connectivity index (χ0) is 26.4. The van der Waals surface area contributed by atoms with Crippen LogP contribution in [0.3, 0.4) is 0 Å². The molecule has 0 radical (unpaired) electrons. The number of hydrogen-bond acceptors (Lipinski definition) is 6. The Labute approximate surface area is 221 Å². The van der Waals surface area contributed by atoms with E-state index in [2.05, 4.69) is 46.0 Å². The molecule has 0 amide bonds. The maximum Gasteiger partial charge on any atom is 0.341 e. The van der Waals surface area contributed by atoms with Crippen molar-refractivity contribution in [3.05, 3.63) is 69.8 Å².